The van der Waals surface area contributed by atoms with Gasteiger partial charge in [-0.2, -0.15) is 5.10 Å². The maximum absolute atomic E-state index is 6.11. The number of nitrogens with zero attached hydrogens (tertiary/aromatic N) is 4. The van der Waals surface area contributed by atoms with E-state index in [9.17, 15) is 0 Å². The van der Waals surface area contributed by atoms with Gasteiger partial charge in [0.2, 0.25) is 0 Å². The first kappa shape index (κ1) is 16.2. The van der Waals surface area contributed by atoms with Gasteiger partial charge in [-0.3, -0.25) is 4.90 Å². The molecular weight excluding hydrogens is 309 g/mol. The minimum atomic E-state index is 0. The predicted molar refractivity (Wildman–Crippen MR) is 86.1 cm³/mol. The Balaban J connectivity index is 0.00000161. The van der Waals surface area contributed by atoms with Gasteiger partial charge in [0.1, 0.15) is 12.7 Å². The number of hydrogen-bond donors (Lipinski definition) is 1. The van der Waals surface area contributed by atoms with Gasteiger partial charge in [-0.25, -0.2) is 9.67 Å². The summed E-state index contributed by atoms with van der Waals surface area (Å²) in [5.74, 6) is 0. The van der Waals surface area contributed by atoms with E-state index in [4.69, 9.17) is 17.3 Å². The van der Waals surface area contributed by atoms with Crippen LogP contribution in [0.15, 0.2) is 30.9 Å². The molecule has 2 heterocycles. The van der Waals surface area contributed by atoms with Gasteiger partial charge < -0.3 is 5.73 Å². The topological polar surface area (TPSA) is 60.0 Å². The average Bonchev–Trinajstić information content (AvgIpc) is 3.11. The van der Waals surface area contributed by atoms with E-state index >= 15 is 0 Å². The van der Waals surface area contributed by atoms with Crippen molar-refractivity contribution in [3.8, 4) is 5.69 Å². The van der Waals surface area contributed by atoms with Crippen LogP contribution in [0.1, 0.15) is 18.4 Å². The average molecular weight is 328 g/mol. The van der Waals surface area contributed by atoms with E-state index < -0.39 is 0 Å². The monoisotopic (exact) mass is 327 g/mol. The van der Waals surface area contributed by atoms with Gasteiger partial charge in [0.15, 0.2) is 0 Å². The number of aromatic nitrogens is 3. The van der Waals surface area contributed by atoms with Crippen LogP contribution in [0, 0.1) is 0 Å². The predicted octanol–water partition coefficient (Wildman–Crippen LogP) is 2.27. The van der Waals surface area contributed by atoms with Crippen molar-refractivity contribution in [1.82, 2.24) is 19.7 Å². The third-order valence-corrected chi connectivity index (χ3v) is 4.09. The van der Waals surface area contributed by atoms with Crippen LogP contribution in [0.3, 0.4) is 0 Å². The van der Waals surface area contributed by atoms with Gasteiger partial charge >= 0.3 is 0 Å². The fraction of sp³-hybridized carbons (Fsp3) is 0.429. The summed E-state index contributed by atoms with van der Waals surface area (Å²) < 4.78 is 1.76. The molecule has 1 saturated heterocycles. The van der Waals surface area contributed by atoms with Crippen molar-refractivity contribution < 1.29 is 0 Å². The summed E-state index contributed by atoms with van der Waals surface area (Å²) in [6.07, 6.45) is 5.62. The quantitative estimate of drug-likeness (QED) is 0.935. The Morgan fingerprint density at radius 3 is 2.95 bits per heavy atom. The Bertz CT molecular complexity index is 573. The second-order valence-corrected chi connectivity index (χ2v) is 5.55. The Morgan fingerprint density at radius 1 is 1.38 bits per heavy atom. The lowest BCUT2D eigenvalue weighted by molar-refractivity contribution is 0.250. The SMILES string of the molecule is Cl.NCC1CCCN1Cc1ccc(Cl)cc1-n1cncn1. The Hall–Kier alpha value is -1.14. The summed E-state index contributed by atoms with van der Waals surface area (Å²) in [6, 6.07) is 6.39. The highest BCUT2D eigenvalue weighted by atomic mass is 35.5. The number of nitrogens with two attached hydrogens (primary N) is 1. The second kappa shape index (κ2) is 7.22. The first-order valence-electron chi connectivity index (χ1n) is 6.85. The zero-order valence-electron chi connectivity index (χ0n) is 11.7. The van der Waals surface area contributed by atoms with Crippen molar-refractivity contribution in [2.24, 2.45) is 5.73 Å². The van der Waals surface area contributed by atoms with Crippen LogP contribution < -0.4 is 5.73 Å². The van der Waals surface area contributed by atoms with Crippen LogP contribution in [0.2, 0.25) is 5.02 Å². The van der Waals surface area contributed by atoms with E-state index in [0.29, 0.717) is 17.6 Å². The molecule has 2 aromatic rings. The molecule has 3 rings (SSSR count). The number of likely N-dealkylation sites (tertiary alicyclic amines) is 1. The minimum absolute atomic E-state index is 0. The normalized spacial score (nSPS) is 18.7. The van der Waals surface area contributed by atoms with Crippen LogP contribution in [-0.4, -0.2) is 38.8 Å². The first-order chi connectivity index (χ1) is 9.78. The molecule has 1 fully saturated rings. The van der Waals surface area contributed by atoms with Crippen LogP contribution in [0.5, 0.6) is 0 Å². The summed E-state index contributed by atoms with van der Waals surface area (Å²) in [5.41, 5.74) is 8.02. The van der Waals surface area contributed by atoms with Crippen LogP contribution in [0.25, 0.3) is 5.69 Å². The zero-order chi connectivity index (χ0) is 13.9. The fourth-order valence-corrected chi connectivity index (χ4v) is 2.97. The molecule has 1 unspecified atom stereocenters. The van der Waals surface area contributed by atoms with E-state index in [1.54, 1.807) is 11.0 Å². The summed E-state index contributed by atoms with van der Waals surface area (Å²) in [4.78, 5) is 6.44. The highest BCUT2D eigenvalue weighted by Crippen LogP contribution is 2.24. The number of rotatable bonds is 4. The van der Waals surface area contributed by atoms with Crippen LogP contribution in [-0.2, 0) is 6.54 Å². The van der Waals surface area contributed by atoms with Crippen molar-refractivity contribution in [2.45, 2.75) is 25.4 Å². The van der Waals surface area contributed by atoms with E-state index in [-0.39, 0.29) is 12.4 Å². The molecule has 0 spiro atoms. The molecule has 0 amide bonds. The van der Waals surface area contributed by atoms with E-state index in [1.165, 1.54) is 24.7 Å². The van der Waals surface area contributed by atoms with Gasteiger partial charge in [0, 0.05) is 24.2 Å². The van der Waals surface area contributed by atoms with Gasteiger partial charge in [0.25, 0.3) is 0 Å². The van der Waals surface area contributed by atoms with Crippen LogP contribution >= 0.6 is 24.0 Å². The van der Waals surface area contributed by atoms with Crippen LogP contribution in [0.4, 0.5) is 0 Å². The Morgan fingerprint density at radius 2 is 2.24 bits per heavy atom. The lowest BCUT2D eigenvalue weighted by atomic mass is 10.1. The molecule has 1 atom stereocenters. The van der Waals surface area contributed by atoms with E-state index in [2.05, 4.69) is 21.0 Å². The molecule has 0 aliphatic carbocycles. The van der Waals surface area contributed by atoms with E-state index in [1.807, 2.05) is 12.1 Å². The van der Waals surface area contributed by atoms with Crippen molar-refractivity contribution in [3.63, 3.8) is 0 Å². The van der Waals surface area contributed by atoms with Gasteiger partial charge in [-0.15, -0.1) is 12.4 Å². The standard InChI is InChI=1S/C14H18ClN5.ClH/c15-12-4-3-11(8-19-5-1-2-13(19)7-16)14(6-12)20-10-17-9-18-20;/h3-4,6,9-10,13H,1-2,5,7-8,16H2;1H. The molecule has 1 aliphatic rings. The molecule has 5 nitrogen and oxygen atoms in total. The third kappa shape index (κ3) is 3.55. The van der Waals surface area contributed by atoms with Crippen molar-refractivity contribution in [2.75, 3.05) is 13.1 Å². The first-order valence-corrected chi connectivity index (χ1v) is 7.23. The Labute approximate surface area is 135 Å². The second-order valence-electron chi connectivity index (χ2n) is 5.12. The highest BCUT2D eigenvalue weighted by Gasteiger charge is 2.24. The largest absolute Gasteiger partial charge is 0.329 e. The van der Waals surface area contributed by atoms with E-state index in [0.717, 1.165) is 18.8 Å². The molecule has 0 bridgehead atoms. The zero-order valence-corrected chi connectivity index (χ0v) is 13.2. The molecule has 0 radical (unpaired) electrons. The molecule has 1 aromatic carbocycles. The van der Waals surface area contributed by atoms with Crippen molar-refractivity contribution in [1.29, 1.82) is 0 Å². The summed E-state index contributed by atoms with van der Waals surface area (Å²) in [5, 5.41) is 4.91. The molecular formula is C14H19Cl2N5. The van der Waals surface area contributed by atoms with Gasteiger partial charge in [-0.05, 0) is 37.1 Å². The van der Waals surface area contributed by atoms with Crippen molar-refractivity contribution >= 4 is 24.0 Å². The fourth-order valence-electron chi connectivity index (χ4n) is 2.81. The lowest BCUT2D eigenvalue weighted by Crippen LogP contribution is -2.35. The number of benzene rings is 1. The summed E-state index contributed by atoms with van der Waals surface area (Å²) >= 11 is 6.11. The number of halogens is 2. The lowest BCUT2D eigenvalue weighted by Gasteiger charge is -2.24. The molecule has 21 heavy (non-hydrogen) atoms. The molecule has 1 aromatic heterocycles. The van der Waals surface area contributed by atoms with Gasteiger partial charge in [-0.1, -0.05) is 17.7 Å². The molecule has 2 N–H and O–H groups in total. The molecule has 1 aliphatic heterocycles. The minimum Gasteiger partial charge on any atom is -0.329 e. The smallest absolute Gasteiger partial charge is 0.138 e. The summed E-state index contributed by atoms with van der Waals surface area (Å²) in [6.45, 7) is 2.68. The molecule has 114 valence electrons. The maximum atomic E-state index is 6.11. The van der Waals surface area contributed by atoms with Crippen molar-refractivity contribution in [3.05, 3.63) is 41.4 Å². The molecule has 7 heteroatoms. The summed E-state index contributed by atoms with van der Waals surface area (Å²) in [7, 11) is 0. The highest BCUT2D eigenvalue weighted by molar-refractivity contribution is 6.30. The van der Waals surface area contributed by atoms with Gasteiger partial charge in [0.05, 0.1) is 5.69 Å². The molecule has 0 saturated carbocycles. The Kier molecular flexibility index (Phi) is 5.58. The third-order valence-electron chi connectivity index (χ3n) is 3.86. The number of hydrogen-bond acceptors (Lipinski definition) is 4. The maximum Gasteiger partial charge on any atom is 0.138 e.